The normalized spacial score (nSPS) is 11.3. The molecule has 1 aromatic carbocycles. The highest BCUT2D eigenvalue weighted by molar-refractivity contribution is 7.98. The molecule has 0 atom stereocenters. The summed E-state index contributed by atoms with van der Waals surface area (Å²) in [5.74, 6) is 2.26. The molecule has 0 N–H and O–H groups in total. The van der Waals surface area contributed by atoms with Crippen molar-refractivity contribution in [1.29, 1.82) is 0 Å². The Morgan fingerprint density at radius 1 is 1.05 bits per heavy atom. The third kappa shape index (κ3) is 3.48. The molecular formula is C14H13ClN4O2S. The summed E-state index contributed by atoms with van der Waals surface area (Å²) in [7, 11) is 0. The van der Waals surface area contributed by atoms with Crippen molar-refractivity contribution >= 4 is 23.4 Å². The summed E-state index contributed by atoms with van der Waals surface area (Å²) < 4.78 is 11.1. The van der Waals surface area contributed by atoms with Gasteiger partial charge in [-0.25, -0.2) is 0 Å². The minimum Gasteiger partial charge on any atom is -0.420 e. The van der Waals surface area contributed by atoms with Crippen molar-refractivity contribution in [3.63, 3.8) is 0 Å². The second-order valence-corrected chi connectivity index (χ2v) is 6.22. The Morgan fingerprint density at radius 2 is 1.82 bits per heavy atom. The monoisotopic (exact) mass is 336 g/mol. The van der Waals surface area contributed by atoms with Crippen molar-refractivity contribution in [2.75, 3.05) is 0 Å². The highest BCUT2D eigenvalue weighted by atomic mass is 35.5. The number of halogens is 1. The van der Waals surface area contributed by atoms with Gasteiger partial charge in [0.25, 0.3) is 5.22 Å². The first kappa shape index (κ1) is 15.1. The lowest BCUT2D eigenvalue weighted by atomic mass is 10.2. The molecule has 0 aliphatic rings. The first-order valence-corrected chi connectivity index (χ1v) is 8.02. The van der Waals surface area contributed by atoms with Crippen molar-refractivity contribution < 1.29 is 8.83 Å². The maximum atomic E-state index is 5.85. The minimum atomic E-state index is 0.210. The molecule has 3 rings (SSSR count). The SMILES string of the molecule is CC(C)c1nnc(SCc2nnc(-c3ccc(Cl)cc3)o2)o1. The van der Waals surface area contributed by atoms with E-state index in [0.717, 1.165) is 5.56 Å². The van der Waals surface area contributed by atoms with Gasteiger partial charge in [-0.1, -0.05) is 37.2 Å². The summed E-state index contributed by atoms with van der Waals surface area (Å²) in [6, 6.07) is 7.22. The molecule has 2 heterocycles. The molecule has 0 amide bonds. The van der Waals surface area contributed by atoms with Crippen molar-refractivity contribution in [3.8, 4) is 11.5 Å². The third-order valence-electron chi connectivity index (χ3n) is 2.79. The van der Waals surface area contributed by atoms with E-state index in [4.69, 9.17) is 20.4 Å². The zero-order valence-corrected chi connectivity index (χ0v) is 13.6. The number of benzene rings is 1. The molecule has 0 saturated heterocycles. The summed E-state index contributed by atoms with van der Waals surface area (Å²) in [5, 5.41) is 17.1. The summed E-state index contributed by atoms with van der Waals surface area (Å²) in [6.07, 6.45) is 0. The van der Waals surface area contributed by atoms with Crippen LogP contribution in [0, 0.1) is 0 Å². The van der Waals surface area contributed by atoms with Crippen LogP contribution in [0.1, 0.15) is 31.5 Å². The van der Waals surface area contributed by atoms with Gasteiger partial charge in [0.05, 0.1) is 5.75 Å². The lowest BCUT2D eigenvalue weighted by molar-refractivity contribution is 0.398. The smallest absolute Gasteiger partial charge is 0.277 e. The van der Waals surface area contributed by atoms with E-state index in [0.29, 0.717) is 33.7 Å². The number of aromatic nitrogens is 4. The van der Waals surface area contributed by atoms with Crippen LogP contribution >= 0.6 is 23.4 Å². The van der Waals surface area contributed by atoms with Crippen LogP contribution < -0.4 is 0 Å². The average Bonchev–Trinajstić information content (AvgIpc) is 3.15. The van der Waals surface area contributed by atoms with Gasteiger partial charge in [0, 0.05) is 16.5 Å². The standard InChI is InChI=1S/C14H13ClN4O2S/c1-8(2)12-17-19-14(21-12)22-7-11-16-18-13(20-11)9-3-5-10(15)6-4-9/h3-6,8H,7H2,1-2H3. The third-order valence-corrected chi connectivity index (χ3v) is 3.85. The van der Waals surface area contributed by atoms with E-state index in [1.54, 1.807) is 12.1 Å². The molecule has 3 aromatic rings. The molecule has 0 fully saturated rings. The Hall–Kier alpha value is -1.86. The van der Waals surface area contributed by atoms with Crippen molar-refractivity contribution in [3.05, 3.63) is 41.1 Å². The summed E-state index contributed by atoms with van der Waals surface area (Å²) >= 11 is 7.22. The van der Waals surface area contributed by atoms with Crippen LogP contribution in [0.3, 0.4) is 0 Å². The highest BCUT2D eigenvalue weighted by Crippen LogP contribution is 2.25. The highest BCUT2D eigenvalue weighted by Gasteiger charge is 2.13. The fourth-order valence-electron chi connectivity index (χ4n) is 1.66. The molecule has 0 saturated carbocycles. The second-order valence-electron chi connectivity index (χ2n) is 4.86. The molecule has 6 nitrogen and oxygen atoms in total. The molecule has 0 radical (unpaired) electrons. The van der Waals surface area contributed by atoms with E-state index in [1.165, 1.54) is 11.8 Å². The summed E-state index contributed by atoms with van der Waals surface area (Å²) in [6.45, 7) is 4.00. The van der Waals surface area contributed by atoms with Gasteiger partial charge in [0.1, 0.15) is 0 Å². The molecule has 0 unspecified atom stereocenters. The second kappa shape index (κ2) is 6.50. The Balaban J connectivity index is 1.65. The Labute approximate surface area is 136 Å². The van der Waals surface area contributed by atoms with E-state index < -0.39 is 0 Å². The van der Waals surface area contributed by atoms with Crippen LogP contribution in [0.15, 0.2) is 38.3 Å². The van der Waals surface area contributed by atoms with E-state index in [1.807, 2.05) is 26.0 Å². The quantitative estimate of drug-likeness (QED) is 0.646. The summed E-state index contributed by atoms with van der Waals surface area (Å²) in [5.41, 5.74) is 0.827. The molecule has 0 bridgehead atoms. The minimum absolute atomic E-state index is 0.210. The maximum Gasteiger partial charge on any atom is 0.277 e. The fourth-order valence-corrected chi connectivity index (χ4v) is 2.39. The predicted octanol–water partition coefficient (Wildman–Crippen LogP) is 4.19. The van der Waals surface area contributed by atoms with Crippen LogP contribution in [0.2, 0.25) is 5.02 Å². The zero-order valence-electron chi connectivity index (χ0n) is 12.0. The number of nitrogens with zero attached hydrogens (tertiary/aromatic N) is 4. The number of hydrogen-bond acceptors (Lipinski definition) is 7. The van der Waals surface area contributed by atoms with E-state index in [-0.39, 0.29) is 5.92 Å². The van der Waals surface area contributed by atoms with Gasteiger partial charge < -0.3 is 8.83 Å². The van der Waals surface area contributed by atoms with Gasteiger partial charge in [0.2, 0.25) is 17.7 Å². The topological polar surface area (TPSA) is 77.8 Å². The molecule has 0 spiro atoms. The van der Waals surface area contributed by atoms with Crippen LogP contribution in [0.4, 0.5) is 0 Å². The molecule has 2 aromatic heterocycles. The summed E-state index contributed by atoms with van der Waals surface area (Å²) in [4.78, 5) is 0. The van der Waals surface area contributed by atoms with Crippen LogP contribution in [-0.2, 0) is 5.75 Å². The van der Waals surface area contributed by atoms with Crippen molar-refractivity contribution in [2.24, 2.45) is 0 Å². The van der Waals surface area contributed by atoms with Gasteiger partial charge in [0.15, 0.2) is 0 Å². The Kier molecular flexibility index (Phi) is 4.44. The number of rotatable bonds is 5. The largest absolute Gasteiger partial charge is 0.420 e. The van der Waals surface area contributed by atoms with Gasteiger partial charge in [-0.15, -0.1) is 20.4 Å². The van der Waals surface area contributed by atoms with Crippen LogP contribution in [0.25, 0.3) is 11.5 Å². The van der Waals surface area contributed by atoms with Gasteiger partial charge in [-0.05, 0) is 24.3 Å². The lowest BCUT2D eigenvalue weighted by Crippen LogP contribution is -1.85. The van der Waals surface area contributed by atoms with E-state index >= 15 is 0 Å². The molecule has 22 heavy (non-hydrogen) atoms. The van der Waals surface area contributed by atoms with Gasteiger partial charge >= 0.3 is 0 Å². The average molecular weight is 337 g/mol. The van der Waals surface area contributed by atoms with Crippen molar-refractivity contribution in [2.45, 2.75) is 30.7 Å². The van der Waals surface area contributed by atoms with Gasteiger partial charge in [-0.3, -0.25) is 0 Å². The molecule has 0 aliphatic heterocycles. The Morgan fingerprint density at radius 3 is 2.50 bits per heavy atom. The lowest BCUT2D eigenvalue weighted by Gasteiger charge is -1.95. The maximum absolute atomic E-state index is 5.85. The fraction of sp³-hybridized carbons (Fsp3) is 0.286. The van der Waals surface area contributed by atoms with E-state index in [9.17, 15) is 0 Å². The number of thioether (sulfide) groups is 1. The van der Waals surface area contributed by atoms with E-state index in [2.05, 4.69) is 20.4 Å². The Bertz CT molecular complexity index is 754. The number of hydrogen-bond donors (Lipinski definition) is 0. The first-order chi connectivity index (χ1) is 10.6. The van der Waals surface area contributed by atoms with Crippen LogP contribution in [-0.4, -0.2) is 20.4 Å². The van der Waals surface area contributed by atoms with Gasteiger partial charge in [-0.2, -0.15) is 0 Å². The molecule has 8 heteroatoms. The zero-order chi connectivity index (χ0) is 15.5. The molecule has 0 aliphatic carbocycles. The first-order valence-electron chi connectivity index (χ1n) is 6.66. The molecule has 114 valence electrons. The molecular weight excluding hydrogens is 324 g/mol. The van der Waals surface area contributed by atoms with Crippen molar-refractivity contribution in [1.82, 2.24) is 20.4 Å². The predicted molar refractivity (Wildman–Crippen MR) is 82.7 cm³/mol. The van der Waals surface area contributed by atoms with Crippen LogP contribution in [0.5, 0.6) is 0 Å².